The van der Waals surface area contributed by atoms with E-state index in [0.29, 0.717) is 6.54 Å². The van der Waals surface area contributed by atoms with Crippen molar-refractivity contribution < 1.29 is 4.42 Å². The van der Waals surface area contributed by atoms with Crippen LogP contribution in [0, 0.1) is 13.8 Å². The fourth-order valence-electron chi connectivity index (χ4n) is 1.97. The van der Waals surface area contributed by atoms with Gasteiger partial charge in [-0.25, -0.2) is 0 Å². The Morgan fingerprint density at radius 2 is 2.06 bits per heavy atom. The first-order valence-corrected chi connectivity index (χ1v) is 6.48. The summed E-state index contributed by atoms with van der Waals surface area (Å²) in [5, 5.41) is 7.76. The van der Waals surface area contributed by atoms with E-state index in [9.17, 15) is 0 Å². The average molecular weight is 247 g/mol. The van der Waals surface area contributed by atoms with E-state index in [1.807, 2.05) is 23.7 Å². The highest BCUT2D eigenvalue weighted by atomic mass is 16.3. The van der Waals surface area contributed by atoms with Gasteiger partial charge >= 0.3 is 0 Å². The Morgan fingerprint density at radius 1 is 1.28 bits per heavy atom. The molecule has 0 unspecified atom stereocenters. The van der Waals surface area contributed by atoms with E-state index >= 15 is 0 Å². The van der Waals surface area contributed by atoms with Gasteiger partial charge in [-0.3, -0.25) is 4.68 Å². The normalized spacial score (nSPS) is 11.1. The monoisotopic (exact) mass is 247 g/mol. The standard InChI is InChI=1S/C14H21N3O/c1-4-7-15-9-13-5-6-14(18-13)10-17-12(3)8-11(2)16-17/h5-6,8,15H,4,7,9-10H2,1-3H3. The lowest BCUT2D eigenvalue weighted by Gasteiger charge is -2.02. The zero-order chi connectivity index (χ0) is 13.0. The summed E-state index contributed by atoms with van der Waals surface area (Å²) in [5.74, 6) is 1.94. The zero-order valence-electron chi connectivity index (χ0n) is 11.4. The third-order valence-electron chi connectivity index (χ3n) is 2.85. The van der Waals surface area contributed by atoms with Gasteiger partial charge in [-0.1, -0.05) is 6.92 Å². The second-order valence-electron chi connectivity index (χ2n) is 4.63. The molecule has 2 aromatic rings. The minimum Gasteiger partial charge on any atom is -0.463 e. The second-order valence-corrected chi connectivity index (χ2v) is 4.63. The van der Waals surface area contributed by atoms with Crippen LogP contribution in [0.15, 0.2) is 22.6 Å². The highest BCUT2D eigenvalue weighted by Gasteiger charge is 2.06. The van der Waals surface area contributed by atoms with Crippen LogP contribution in [0.25, 0.3) is 0 Å². The summed E-state index contributed by atoms with van der Waals surface area (Å²) in [7, 11) is 0. The Labute approximate surface area is 108 Å². The van der Waals surface area contributed by atoms with Gasteiger partial charge in [0.25, 0.3) is 0 Å². The Hall–Kier alpha value is -1.55. The van der Waals surface area contributed by atoms with E-state index in [2.05, 4.69) is 30.3 Å². The molecule has 0 amide bonds. The summed E-state index contributed by atoms with van der Waals surface area (Å²) < 4.78 is 7.74. The number of nitrogens with one attached hydrogen (secondary N) is 1. The molecule has 0 atom stereocenters. The number of furan rings is 1. The molecule has 2 rings (SSSR count). The Bertz CT molecular complexity index is 499. The summed E-state index contributed by atoms with van der Waals surface area (Å²) in [4.78, 5) is 0. The van der Waals surface area contributed by atoms with Gasteiger partial charge in [-0.05, 0) is 45.0 Å². The molecule has 18 heavy (non-hydrogen) atoms. The van der Waals surface area contributed by atoms with Crippen LogP contribution in [0.1, 0.15) is 36.3 Å². The number of aromatic nitrogens is 2. The highest BCUT2D eigenvalue weighted by molar-refractivity contribution is 5.11. The predicted molar refractivity (Wildman–Crippen MR) is 71.5 cm³/mol. The Balaban J connectivity index is 1.96. The molecule has 0 radical (unpaired) electrons. The van der Waals surface area contributed by atoms with Crippen LogP contribution in [0.3, 0.4) is 0 Å². The van der Waals surface area contributed by atoms with Gasteiger partial charge in [0, 0.05) is 5.69 Å². The van der Waals surface area contributed by atoms with E-state index in [1.165, 1.54) is 0 Å². The van der Waals surface area contributed by atoms with Crippen molar-refractivity contribution in [2.75, 3.05) is 6.54 Å². The molecule has 0 aliphatic carbocycles. The molecule has 0 aromatic carbocycles. The quantitative estimate of drug-likeness (QED) is 0.798. The maximum absolute atomic E-state index is 5.78. The molecule has 4 nitrogen and oxygen atoms in total. The third-order valence-corrected chi connectivity index (χ3v) is 2.85. The molecule has 0 saturated carbocycles. The summed E-state index contributed by atoms with van der Waals surface area (Å²) in [6.45, 7) is 8.74. The van der Waals surface area contributed by atoms with Crippen molar-refractivity contribution in [1.82, 2.24) is 15.1 Å². The fourth-order valence-corrected chi connectivity index (χ4v) is 1.97. The molecule has 0 fully saturated rings. The molecule has 1 N–H and O–H groups in total. The smallest absolute Gasteiger partial charge is 0.125 e. The van der Waals surface area contributed by atoms with E-state index in [4.69, 9.17) is 4.42 Å². The van der Waals surface area contributed by atoms with E-state index in [0.717, 1.165) is 42.4 Å². The summed E-state index contributed by atoms with van der Waals surface area (Å²) in [5.41, 5.74) is 2.21. The van der Waals surface area contributed by atoms with Crippen molar-refractivity contribution in [3.63, 3.8) is 0 Å². The van der Waals surface area contributed by atoms with Crippen molar-refractivity contribution in [2.24, 2.45) is 0 Å². The minimum atomic E-state index is 0.702. The van der Waals surface area contributed by atoms with Crippen molar-refractivity contribution in [3.05, 3.63) is 41.1 Å². The molecule has 98 valence electrons. The fraction of sp³-hybridized carbons (Fsp3) is 0.500. The molecule has 4 heteroatoms. The highest BCUT2D eigenvalue weighted by Crippen LogP contribution is 2.11. The summed E-state index contributed by atoms with van der Waals surface area (Å²) in [6, 6.07) is 6.13. The lowest BCUT2D eigenvalue weighted by atomic mass is 10.4. The summed E-state index contributed by atoms with van der Waals surface area (Å²) in [6.07, 6.45) is 1.14. The average Bonchev–Trinajstić information content (AvgIpc) is 2.88. The third kappa shape index (κ3) is 3.23. The lowest BCUT2D eigenvalue weighted by Crippen LogP contribution is -2.13. The molecule has 2 heterocycles. The van der Waals surface area contributed by atoms with Crippen LogP contribution in [0.2, 0.25) is 0 Å². The van der Waals surface area contributed by atoms with Crippen LogP contribution in [-0.2, 0) is 13.1 Å². The first-order valence-electron chi connectivity index (χ1n) is 6.48. The molecule has 2 aromatic heterocycles. The molecular formula is C14H21N3O. The van der Waals surface area contributed by atoms with Crippen LogP contribution in [0.4, 0.5) is 0 Å². The number of nitrogens with zero attached hydrogens (tertiary/aromatic N) is 2. The first kappa shape index (κ1) is 12.9. The number of aryl methyl sites for hydroxylation is 2. The SMILES string of the molecule is CCCNCc1ccc(Cn2nc(C)cc2C)o1. The van der Waals surface area contributed by atoms with E-state index in [1.54, 1.807) is 0 Å². The minimum absolute atomic E-state index is 0.702. The summed E-state index contributed by atoms with van der Waals surface area (Å²) >= 11 is 0. The van der Waals surface area contributed by atoms with Crippen LogP contribution in [-0.4, -0.2) is 16.3 Å². The van der Waals surface area contributed by atoms with Gasteiger partial charge < -0.3 is 9.73 Å². The van der Waals surface area contributed by atoms with Crippen molar-refractivity contribution >= 4 is 0 Å². The molecule has 0 aliphatic heterocycles. The topological polar surface area (TPSA) is 43.0 Å². The molecule has 0 spiro atoms. The molecule has 0 saturated heterocycles. The number of rotatable bonds is 6. The predicted octanol–water partition coefficient (Wildman–Crippen LogP) is 2.64. The molecule has 0 bridgehead atoms. The van der Waals surface area contributed by atoms with Gasteiger partial charge in [0.05, 0.1) is 18.8 Å². The first-order chi connectivity index (χ1) is 8.69. The number of hydrogen-bond donors (Lipinski definition) is 1. The van der Waals surface area contributed by atoms with Gasteiger partial charge in [0.1, 0.15) is 11.5 Å². The lowest BCUT2D eigenvalue weighted by molar-refractivity contribution is 0.428. The Kier molecular flexibility index (Phi) is 4.20. The molecular weight excluding hydrogens is 226 g/mol. The van der Waals surface area contributed by atoms with Gasteiger partial charge in [-0.15, -0.1) is 0 Å². The second kappa shape index (κ2) is 5.87. The largest absolute Gasteiger partial charge is 0.463 e. The van der Waals surface area contributed by atoms with Gasteiger partial charge in [0.15, 0.2) is 0 Å². The van der Waals surface area contributed by atoms with Crippen LogP contribution < -0.4 is 5.32 Å². The van der Waals surface area contributed by atoms with Crippen molar-refractivity contribution in [3.8, 4) is 0 Å². The van der Waals surface area contributed by atoms with Crippen molar-refractivity contribution in [1.29, 1.82) is 0 Å². The van der Waals surface area contributed by atoms with Crippen LogP contribution in [0.5, 0.6) is 0 Å². The van der Waals surface area contributed by atoms with Gasteiger partial charge in [-0.2, -0.15) is 5.10 Å². The van der Waals surface area contributed by atoms with E-state index in [-0.39, 0.29) is 0 Å². The maximum atomic E-state index is 5.78. The van der Waals surface area contributed by atoms with Crippen molar-refractivity contribution in [2.45, 2.75) is 40.3 Å². The Morgan fingerprint density at radius 3 is 2.72 bits per heavy atom. The van der Waals surface area contributed by atoms with Crippen LogP contribution >= 0.6 is 0 Å². The zero-order valence-corrected chi connectivity index (χ0v) is 11.4. The van der Waals surface area contributed by atoms with E-state index < -0.39 is 0 Å². The molecule has 0 aliphatic rings. The maximum Gasteiger partial charge on any atom is 0.125 e. The van der Waals surface area contributed by atoms with Gasteiger partial charge in [0.2, 0.25) is 0 Å². The number of hydrogen-bond acceptors (Lipinski definition) is 3.